The molecule has 1 saturated heterocycles. The van der Waals surface area contributed by atoms with Crippen molar-refractivity contribution in [3.05, 3.63) is 29.0 Å². The molecule has 18 heavy (non-hydrogen) atoms. The Balaban J connectivity index is 1.92. The quantitative estimate of drug-likeness (QED) is 0.765. The van der Waals surface area contributed by atoms with Gasteiger partial charge in [0.1, 0.15) is 5.15 Å². The molecular weight excluding hydrogens is 246 g/mol. The van der Waals surface area contributed by atoms with Gasteiger partial charge in [-0.15, -0.1) is 0 Å². The molecule has 1 atom stereocenters. The van der Waals surface area contributed by atoms with Crippen molar-refractivity contribution in [3.8, 4) is 0 Å². The van der Waals surface area contributed by atoms with E-state index in [9.17, 15) is 0 Å². The molecule has 100 valence electrons. The van der Waals surface area contributed by atoms with E-state index < -0.39 is 0 Å². The molecule has 0 radical (unpaired) electrons. The highest BCUT2D eigenvalue weighted by atomic mass is 35.5. The summed E-state index contributed by atoms with van der Waals surface area (Å²) in [4.78, 5) is 9.16. The van der Waals surface area contributed by atoms with Crippen LogP contribution < -0.4 is 0 Å². The topological polar surface area (TPSA) is 19.4 Å². The van der Waals surface area contributed by atoms with Gasteiger partial charge in [-0.2, -0.15) is 0 Å². The van der Waals surface area contributed by atoms with Gasteiger partial charge in [0.15, 0.2) is 0 Å². The molecule has 1 unspecified atom stereocenters. The zero-order chi connectivity index (χ0) is 13.0. The number of pyridine rings is 1. The number of halogens is 1. The lowest BCUT2D eigenvalue weighted by molar-refractivity contribution is 0.209. The molecule has 0 bridgehead atoms. The van der Waals surface area contributed by atoms with Crippen molar-refractivity contribution in [2.75, 3.05) is 26.2 Å². The number of hydrogen-bond acceptors (Lipinski definition) is 3. The van der Waals surface area contributed by atoms with Crippen LogP contribution in [0.25, 0.3) is 0 Å². The summed E-state index contributed by atoms with van der Waals surface area (Å²) >= 11 is 6.11. The van der Waals surface area contributed by atoms with Crippen LogP contribution in [0.5, 0.6) is 0 Å². The summed E-state index contributed by atoms with van der Waals surface area (Å²) in [6.45, 7) is 9.99. The van der Waals surface area contributed by atoms with E-state index >= 15 is 0 Å². The Morgan fingerprint density at radius 2 is 2.22 bits per heavy atom. The Morgan fingerprint density at radius 3 is 2.89 bits per heavy atom. The highest BCUT2D eigenvalue weighted by Crippen LogP contribution is 2.20. The van der Waals surface area contributed by atoms with Crippen LogP contribution in [0.2, 0.25) is 5.15 Å². The Hall–Kier alpha value is -0.640. The summed E-state index contributed by atoms with van der Waals surface area (Å²) in [6.07, 6.45) is 3.01. The van der Waals surface area contributed by atoms with Crippen molar-refractivity contribution in [1.29, 1.82) is 0 Å². The number of likely N-dealkylation sites (N-methyl/N-ethyl adjacent to an activating group) is 1. The van der Waals surface area contributed by atoms with Crippen molar-refractivity contribution < 1.29 is 0 Å². The SMILES string of the molecule is CCN(CC)C1CCN(Cc2cccnc2Cl)C1. The zero-order valence-corrected chi connectivity index (χ0v) is 12.0. The maximum absolute atomic E-state index is 6.11. The summed E-state index contributed by atoms with van der Waals surface area (Å²) in [5.74, 6) is 0. The predicted octanol–water partition coefficient (Wildman–Crippen LogP) is 2.65. The molecule has 3 nitrogen and oxygen atoms in total. The second kappa shape index (κ2) is 6.50. The average Bonchev–Trinajstić information content (AvgIpc) is 2.82. The van der Waals surface area contributed by atoms with E-state index in [0.29, 0.717) is 11.2 Å². The Bertz CT molecular complexity index is 379. The monoisotopic (exact) mass is 267 g/mol. The summed E-state index contributed by atoms with van der Waals surface area (Å²) in [7, 11) is 0. The van der Waals surface area contributed by atoms with Crippen LogP contribution in [-0.2, 0) is 6.54 Å². The molecule has 2 heterocycles. The summed E-state index contributed by atoms with van der Waals surface area (Å²) in [6, 6.07) is 4.73. The number of likely N-dealkylation sites (tertiary alicyclic amines) is 1. The van der Waals surface area contributed by atoms with Crippen LogP contribution >= 0.6 is 11.6 Å². The van der Waals surface area contributed by atoms with Gasteiger partial charge in [-0.25, -0.2) is 4.98 Å². The summed E-state index contributed by atoms with van der Waals surface area (Å²) in [5.41, 5.74) is 1.14. The maximum Gasteiger partial charge on any atom is 0.133 e. The minimum atomic E-state index is 0.642. The van der Waals surface area contributed by atoms with E-state index in [2.05, 4.69) is 34.7 Å². The first-order valence-electron chi connectivity index (χ1n) is 6.80. The van der Waals surface area contributed by atoms with Gasteiger partial charge in [-0.1, -0.05) is 31.5 Å². The van der Waals surface area contributed by atoms with Crippen LogP contribution in [0.1, 0.15) is 25.8 Å². The fourth-order valence-electron chi connectivity index (χ4n) is 2.77. The molecule has 0 spiro atoms. The second-order valence-corrected chi connectivity index (χ2v) is 5.21. The van der Waals surface area contributed by atoms with E-state index in [1.54, 1.807) is 6.20 Å². The lowest BCUT2D eigenvalue weighted by Crippen LogP contribution is -2.37. The van der Waals surface area contributed by atoms with E-state index in [0.717, 1.165) is 38.3 Å². The third-order valence-corrected chi connectivity index (χ3v) is 4.15. The molecule has 1 fully saturated rings. The van der Waals surface area contributed by atoms with Crippen LogP contribution in [-0.4, -0.2) is 47.0 Å². The van der Waals surface area contributed by atoms with Gasteiger partial charge >= 0.3 is 0 Å². The normalized spacial score (nSPS) is 20.8. The molecule has 1 aromatic heterocycles. The smallest absolute Gasteiger partial charge is 0.133 e. The molecule has 2 rings (SSSR count). The number of aromatic nitrogens is 1. The first-order valence-corrected chi connectivity index (χ1v) is 7.18. The van der Waals surface area contributed by atoms with Crippen LogP contribution in [0.15, 0.2) is 18.3 Å². The van der Waals surface area contributed by atoms with Crippen molar-refractivity contribution in [2.45, 2.75) is 32.9 Å². The fraction of sp³-hybridized carbons (Fsp3) is 0.643. The molecule has 0 aromatic carbocycles. The van der Waals surface area contributed by atoms with Crippen molar-refractivity contribution in [3.63, 3.8) is 0 Å². The van der Waals surface area contributed by atoms with Gasteiger partial charge in [0.05, 0.1) is 0 Å². The molecule has 0 saturated carbocycles. The van der Waals surface area contributed by atoms with Crippen molar-refractivity contribution in [1.82, 2.24) is 14.8 Å². The Labute approximate surface area is 115 Å². The lowest BCUT2D eigenvalue weighted by atomic mass is 10.2. The van der Waals surface area contributed by atoms with Crippen LogP contribution in [0.3, 0.4) is 0 Å². The van der Waals surface area contributed by atoms with E-state index in [1.807, 2.05) is 6.07 Å². The highest BCUT2D eigenvalue weighted by Gasteiger charge is 2.26. The van der Waals surface area contributed by atoms with E-state index in [-0.39, 0.29) is 0 Å². The number of hydrogen-bond donors (Lipinski definition) is 0. The molecule has 0 aliphatic carbocycles. The molecule has 0 N–H and O–H groups in total. The number of rotatable bonds is 5. The first-order chi connectivity index (χ1) is 8.74. The summed E-state index contributed by atoms with van der Waals surface area (Å²) in [5, 5.41) is 0.642. The van der Waals surface area contributed by atoms with Crippen LogP contribution in [0, 0.1) is 0 Å². The molecule has 1 aromatic rings. The van der Waals surface area contributed by atoms with Gasteiger partial charge in [0.25, 0.3) is 0 Å². The molecule has 1 aliphatic rings. The molecular formula is C14H22ClN3. The minimum absolute atomic E-state index is 0.642. The summed E-state index contributed by atoms with van der Waals surface area (Å²) < 4.78 is 0. The van der Waals surface area contributed by atoms with E-state index in [1.165, 1.54) is 6.42 Å². The highest BCUT2D eigenvalue weighted by molar-refractivity contribution is 6.30. The minimum Gasteiger partial charge on any atom is -0.300 e. The van der Waals surface area contributed by atoms with Gasteiger partial charge < -0.3 is 0 Å². The predicted molar refractivity (Wildman–Crippen MR) is 75.9 cm³/mol. The Morgan fingerprint density at radius 1 is 1.44 bits per heavy atom. The first kappa shape index (κ1) is 13.8. The van der Waals surface area contributed by atoms with Crippen LogP contribution in [0.4, 0.5) is 0 Å². The van der Waals surface area contributed by atoms with Crippen molar-refractivity contribution >= 4 is 11.6 Å². The van der Waals surface area contributed by atoms with Gasteiger partial charge in [0, 0.05) is 37.4 Å². The largest absolute Gasteiger partial charge is 0.300 e. The number of nitrogens with zero attached hydrogens (tertiary/aromatic N) is 3. The third kappa shape index (κ3) is 3.22. The maximum atomic E-state index is 6.11. The molecule has 4 heteroatoms. The van der Waals surface area contributed by atoms with Gasteiger partial charge in [-0.3, -0.25) is 9.80 Å². The van der Waals surface area contributed by atoms with Crippen molar-refractivity contribution in [2.24, 2.45) is 0 Å². The average molecular weight is 268 g/mol. The fourth-order valence-corrected chi connectivity index (χ4v) is 2.95. The third-order valence-electron chi connectivity index (χ3n) is 3.81. The Kier molecular flexibility index (Phi) is 4.98. The van der Waals surface area contributed by atoms with Gasteiger partial charge in [0.2, 0.25) is 0 Å². The second-order valence-electron chi connectivity index (χ2n) is 4.85. The molecule has 1 aliphatic heterocycles. The lowest BCUT2D eigenvalue weighted by Gasteiger charge is -2.26. The molecule has 0 amide bonds. The zero-order valence-electron chi connectivity index (χ0n) is 11.3. The standard InChI is InChI=1S/C14H22ClN3/c1-3-18(4-2)13-7-9-17(11-13)10-12-6-5-8-16-14(12)15/h5-6,8,13H,3-4,7,9-11H2,1-2H3. The van der Waals surface area contributed by atoms with E-state index in [4.69, 9.17) is 11.6 Å². The van der Waals surface area contributed by atoms with Gasteiger partial charge in [-0.05, 0) is 25.6 Å².